The molecule has 1 rings (SSSR count). The van der Waals surface area contributed by atoms with Crippen LogP contribution >= 0.6 is 0 Å². The van der Waals surface area contributed by atoms with Crippen LogP contribution in [0.5, 0.6) is 0 Å². The van der Waals surface area contributed by atoms with Gasteiger partial charge >= 0.3 is 0 Å². The van der Waals surface area contributed by atoms with Gasteiger partial charge in [-0.2, -0.15) is 10.2 Å². The first kappa shape index (κ1) is 5.73. The van der Waals surface area contributed by atoms with E-state index in [2.05, 4.69) is 24.1 Å². The quantitative estimate of drug-likeness (QED) is 0.494. The number of hydrogen-bond donors (Lipinski definition) is 0. The number of azo groups is 1. The lowest BCUT2D eigenvalue weighted by molar-refractivity contribution is 0.500. The highest BCUT2D eigenvalue weighted by molar-refractivity contribution is 4.73. The molecule has 2 nitrogen and oxygen atoms in total. The van der Waals surface area contributed by atoms with E-state index in [1.165, 1.54) is 0 Å². The van der Waals surface area contributed by atoms with E-state index in [1.54, 1.807) is 0 Å². The second kappa shape index (κ2) is 2.25. The van der Waals surface area contributed by atoms with Crippen LogP contribution < -0.4 is 0 Å². The summed E-state index contributed by atoms with van der Waals surface area (Å²) in [6, 6.07) is 0.523. The molecule has 0 aromatic heterocycles. The molecule has 1 aliphatic rings. The van der Waals surface area contributed by atoms with E-state index in [0.29, 0.717) is 12.0 Å². The van der Waals surface area contributed by atoms with Crippen molar-refractivity contribution in [3.05, 3.63) is 0 Å². The van der Waals surface area contributed by atoms with Crippen molar-refractivity contribution in [2.24, 2.45) is 16.1 Å². The average molecular weight is 112 g/mol. The molecule has 0 spiro atoms. The van der Waals surface area contributed by atoms with Gasteiger partial charge in [0.05, 0.1) is 12.6 Å². The second-order valence-corrected chi connectivity index (χ2v) is 2.58. The Balaban J connectivity index is 2.36. The van der Waals surface area contributed by atoms with Crippen LogP contribution in [-0.2, 0) is 0 Å². The minimum Gasteiger partial charge on any atom is -0.194 e. The Kier molecular flexibility index (Phi) is 1.61. The molecule has 0 bridgehead atoms. The zero-order valence-electron chi connectivity index (χ0n) is 5.46. The van der Waals surface area contributed by atoms with Gasteiger partial charge in [0.15, 0.2) is 0 Å². The number of nitrogens with zero attached hydrogens (tertiary/aromatic N) is 2. The zero-order chi connectivity index (χ0) is 5.98. The van der Waals surface area contributed by atoms with Gasteiger partial charge in [-0.3, -0.25) is 0 Å². The summed E-state index contributed by atoms with van der Waals surface area (Å²) in [5.41, 5.74) is 0. The molecule has 0 aromatic rings. The molecule has 8 heavy (non-hydrogen) atoms. The van der Waals surface area contributed by atoms with Crippen LogP contribution in [0.2, 0.25) is 0 Å². The van der Waals surface area contributed by atoms with E-state index in [0.717, 1.165) is 13.0 Å². The molecule has 2 heteroatoms. The molecule has 0 fully saturated rings. The van der Waals surface area contributed by atoms with Crippen molar-refractivity contribution in [3.63, 3.8) is 0 Å². The highest BCUT2D eigenvalue weighted by Gasteiger charge is 2.14. The monoisotopic (exact) mass is 112 g/mol. The van der Waals surface area contributed by atoms with E-state index >= 15 is 0 Å². The van der Waals surface area contributed by atoms with Gasteiger partial charge in [-0.15, -0.1) is 0 Å². The van der Waals surface area contributed by atoms with Crippen molar-refractivity contribution in [3.8, 4) is 0 Å². The van der Waals surface area contributed by atoms with E-state index in [9.17, 15) is 0 Å². The summed E-state index contributed by atoms with van der Waals surface area (Å²) >= 11 is 0. The lowest BCUT2D eigenvalue weighted by Crippen LogP contribution is -2.08. The minimum atomic E-state index is 0.523. The van der Waals surface area contributed by atoms with Gasteiger partial charge in [0.2, 0.25) is 0 Å². The van der Waals surface area contributed by atoms with Crippen molar-refractivity contribution in [2.75, 3.05) is 6.54 Å². The average Bonchev–Trinajstić information content (AvgIpc) is 2.12. The summed E-state index contributed by atoms with van der Waals surface area (Å²) in [6.45, 7) is 5.33. The molecule has 0 saturated heterocycles. The van der Waals surface area contributed by atoms with Gasteiger partial charge in [0.1, 0.15) is 0 Å². The predicted octanol–water partition coefficient (Wildman–Crippen LogP) is 1.87. The SMILES string of the molecule is CC(C)C1CCN=N1. The molecule has 0 amide bonds. The summed E-state index contributed by atoms with van der Waals surface area (Å²) < 4.78 is 0. The van der Waals surface area contributed by atoms with Gasteiger partial charge < -0.3 is 0 Å². The third kappa shape index (κ3) is 1.05. The summed E-state index contributed by atoms with van der Waals surface area (Å²) in [7, 11) is 0. The normalized spacial score (nSPS) is 27.6. The Morgan fingerprint density at radius 3 is 2.50 bits per heavy atom. The Bertz CT molecular complexity index is 96.7. The summed E-state index contributed by atoms with van der Waals surface area (Å²) in [4.78, 5) is 0. The fraction of sp³-hybridized carbons (Fsp3) is 1.00. The third-order valence-corrected chi connectivity index (χ3v) is 1.52. The van der Waals surface area contributed by atoms with Crippen LogP contribution in [0.15, 0.2) is 10.2 Å². The molecule has 1 atom stereocenters. The van der Waals surface area contributed by atoms with Crippen LogP contribution in [0, 0.1) is 5.92 Å². The highest BCUT2D eigenvalue weighted by atomic mass is 15.2. The van der Waals surface area contributed by atoms with Crippen molar-refractivity contribution in [2.45, 2.75) is 26.3 Å². The van der Waals surface area contributed by atoms with Gasteiger partial charge in [0.25, 0.3) is 0 Å². The lowest BCUT2D eigenvalue weighted by atomic mass is 10.0. The van der Waals surface area contributed by atoms with Crippen LogP contribution in [0.25, 0.3) is 0 Å². The largest absolute Gasteiger partial charge is 0.194 e. The van der Waals surface area contributed by atoms with Crippen molar-refractivity contribution >= 4 is 0 Å². The van der Waals surface area contributed by atoms with Gasteiger partial charge in [-0.25, -0.2) is 0 Å². The minimum absolute atomic E-state index is 0.523. The summed E-state index contributed by atoms with van der Waals surface area (Å²) in [5.74, 6) is 0.682. The molecule has 0 N–H and O–H groups in total. The molecule has 0 aliphatic carbocycles. The Morgan fingerprint density at radius 1 is 1.50 bits per heavy atom. The van der Waals surface area contributed by atoms with Crippen molar-refractivity contribution in [1.82, 2.24) is 0 Å². The highest BCUT2D eigenvalue weighted by Crippen LogP contribution is 2.15. The number of hydrogen-bond acceptors (Lipinski definition) is 2. The molecule has 0 saturated carbocycles. The molecular formula is C6H12N2. The van der Waals surface area contributed by atoms with E-state index in [-0.39, 0.29) is 0 Å². The van der Waals surface area contributed by atoms with E-state index in [4.69, 9.17) is 0 Å². The lowest BCUT2D eigenvalue weighted by Gasteiger charge is -2.06. The topological polar surface area (TPSA) is 24.7 Å². The maximum absolute atomic E-state index is 4.06. The standard InChI is InChI=1S/C6H12N2/c1-5(2)6-3-4-7-8-6/h5-6H,3-4H2,1-2H3. The second-order valence-electron chi connectivity index (χ2n) is 2.58. The van der Waals surface area contributed by atoms with Crippen molar-refractivity contribution < 1.29 is 0 Å². The Hall–Kier alpha value is -0.400. The molecule has 0 radical (unpaired) electrons. The van der Waals surface area contributed by atoms with Gasteiger partial charge in [-0.05, 0) is 12.3 Å². The molecule has 1 aliphatic heterocycles. The molecule has 1 unspecified atom stereocenters. The van der Waals surface area contributed by atoms with Crippen LogP contribution in [-0.4, -0.2) is 12.6 Å². The summed E-state index contributed by atoms with van der Waals surface area (Å²) in [5, 5.41) is 7.97. The van der Waals surface area contributed by atoms with E-state index in [1.807, 2.05) is 0 Å². The third-order valence-electron chi connectivity index (χ3n) is 1.52. The first-order valence-corrected chi connectivity index (χ1v) is 3.17. The molecule has 46 valence electrons. The van der Waals surface area contributed by atoms with Crippen LogP contribution in [0.4, 0.5) is 0 Å². The van der Waals surface area contributed by atoms with Gasteiger partial charge in [0, 0.05) is 0 Å². The fourth-order valence-electron chi connectivity index (χ4n) is 0.877. The first-order chi connectivity index (χ1) is 3.80. The van der Waals surface area contributed by atoms with Crippen LogP contribution in [0.1, 0.15) is 20.3 Å². The smallest absolute Gasteiger partial charge is 0.0749 e. The predicted molar refractivity (Wildman–Crippen MR) is 33.0 cm³/mol. The molecular weight excluding hydrogens is 100 g/mol. The fourth-order valence-corrected chi connectivity index (χ4v) is 0.877. The summed E-state index contributed by atoms with van der Waals surface area (Å²) in [6.07, 6.45) is 1.16. The molecule has 1 heterocycles. The molecule has 0 aromatic carbocycles. The van der Waals surface area contributed by atoms with Gasteiger partial charge in [-0.1, -0.05) is 13.8 Å². The first-order valence-electron chi connectivity index (χ1n) is 3.17. The van der Waals surface area contributed by atoms with E-state index < -0.39 is 0 Å². The number of rotatable bonds is 1. The Morgan fingerprint density at radius 2 is 2.25 bits per heavy atom. The zero-order valence-corrected chi connectivity index (χ0v) is 5.46. The maximum atomic E-state index is 4.06. The maximum Gasteiger partial charge on any atom is 0.0749 e. The van der Waals surface area contributed by atoms with Crippen LogP contribution in [0.3, 0.4) is 0 Å². The van der Waals surface area contributed by atoms with Crippen molar-refractivity contribution in [1.29, 1.82) is 0 Å². The Labute approximate surface area is 50.0 Å².